The van der Waals surface area contributed by atoms with Crippen LogP contribution in [0.5, 0.6) is 0 Å². The minimum atomic E-state index is -0.667. The van der Waals surface area contributed by atoms with Crippen molar-refractivity contribution in [3.8, 4) is 0 Å². The smallest absolute Gasteiger partial charge is 0.331 e. The van der Waals surface area contributed by atoms with Crippen LogP contribution in [-0.4, -0.2) is 24.0 Å². The molecule has 2 aromatic carbocycles. The van der Waals surface area contributed by atoms with Gasteiger partial charge in [-0.3, -0.25) is 10.1 Å². The van der Waals surface area contributed by atoms with Gasteiger partial charge in [0.1, 0.15) is 10.6 Å². The van der Waals surface area contributed by atoms with Crippen molar-refractivity contribution in [1.29, 1.82) is 0 Å². The number of halogens is 1. The zero-order valence-corrected chi connectivity index (χ0v) is 15.3. The second-order valence-corrected chi connectivity index (χ2v) is 6.74. The number of rotatable bonds is 5. The number of ether oxygens (including phenoxy) is 1. The largest absolute Gasteiger partial charge is 0.451 e. The SMILES string of the molecule is O=C(/C=C/c1ccc(Cl)c([N+](=O)[O-])c1)OC1(c2ccccc2)CCNCC1. The monoisotopic (exact) mass is 386 g/mol. The highest BCUT2D eigenvalue weighted by atomic mass is 35.5. The van der Waals surface area contributed by atoms with Crippen molar-refractivity contribution in [1.82, 2.24) is 5.32 Å². The number of nitrogens with one attached hydrogen (secondary N) is 1. The second kappa shape index (κ2) is 8.33. The molecule has 1 aliphatic heterocycles. The Bertz CT molecular complexity index is 862. The van der Waals surface area contributed by atoms with E-state index in [1.165, 1.54) is 24.3 Å². The van der Waals surface area contributed by atoms with Crippen molar-refractivity contribution in [2.24, 2.45) is 0 Å². The third-order valence-corrected chi connectivity index (χ3v) is 4.91. The van der Waals surface area contributed by atoms with Crippen LogP contribution in [0.3, 0.4) is 0 Å². The quantitative estimate of drug-likeness (QED) is 0.362. The van der Waals surface area contributed by atoms with Gasteiger partial charge in [0.25, 0.3) is 5.69 Å². The molecule has 0 bridgehead atoms. The van der Waals surface area contributed by atoms with Gasteiger partial charge in [0.15, 0.2) is 0 Å². The molecular weight excluding hydrogens is 368 g/mol. The van der Waals surface area contributed by atoms with Crippen LogP contribution < -0.4 is 5.32 Å². The average Bonchev–Trinajstić information content (AvgIpc) is 2.68. The summed E-state index contributed by atoms with van der Waals surface area (Å²) >= 11 is 5.81. The lowest BCUT2D eigenvalue weighted by Crippen LogP contribution is -2.42. The Morgan fingerprint density at radius 1 is 1.19 bits per heavy atom. The van der Waals surface area contributed by atoms with E-state index in [1.54, 1.807) is 6.07 Å². The fourth-order valence-corrected chi connectivity index (χ4v) is 3.37. The van der Waals surface area contributed by atoms with Crippen molar-refractivity contribution in [2.75, 3.05) is 13.1 Å². The second-order valence-electron chi connectivity index (χ2n) is 6.33. The maximum atomic E-state index is 12.5. The van der Waals surface area contributed by atoms with Gasteiger partial charge in [-0.15, -0.1) is 0 Å². The molecule has 0 radical (unpaired) electrons. The van der Waals surface area contributed by atoms with E-state index < -0.39 is 16.5 Å². The molecule has 3 rings (SSSR count). The lowest BCUT2D eigenvalue weighted by atomic mass is 9.85. The maximum Gasteiger partial charge on any atom is 0.331 e. The van der Waals surface area contributed by atoms with Crippen molar-refractivity contribution in [2.45, 2.75) is 18.4 Å². The molecule has 0 spiro atoms. The molecule has 1 aliphatic rings. The van der Waals surface area contributed by atoms with Crippen LogP contribution in [0.2, 0.25) is 5.02 Å². The molecule has 2 aromatic rings. The van der Waals surface area contributed by atoms with Gasteiger partial charge in [0.05, 0.1) is 4.92 Å². The van der Waals surface area contributed by atoms with Crippen molar-refractivity contribution in [3.05, 3.63) is 80.9 Å². The summed E-state index contributed by atoms with van der Waals surface area (Å²) in [5, 5.41) is 14.3. The average molecular weight is 387 g/mol. The summed E-state index contributed by atoms with van der Waals surface area (Å²) < 4.78 is 5.86. The summed E-state index contributed by atoms with van der Waals surface area (Å²) in [7, 11) is 0. The first-order valence-electron chi connectivity index (χ1n) is 8.61. The molecule has 0 unspecified atom stereocenters. The summed E-state index contributed by atoms with van der Waals surface area (Å²) in [5.74, 6) is -0.488. The Labute approximate surface area is 161 Å². The van der Waals surface area contributed by atoms with E-state index in [0.717, 1.165) is 18.7 Å². The lowest BCUT2D eigenvalue weighted by molar-refractivity contribution is -0.384. The van der Waals surface area contributed by atoms with Gasteiger partial charge in [-0.1, -0.05) is 48.0 Å². The van der Waals surface area contributed by atoms with Crippen LogP contribution in [0.4, 0.5) is 5.69 Å². The van der Waals surface area contributed by atoms with Gasteiger partial charge >= 0.3 is 5.97 Å². The number of nitro benzene ring substituents is 1. The van der Waals surface area contributed by atoms with Crippen molar-refractivity contribution in [3.63, 3.8) is 0 Å². The van der Waals surface area contributed by atoms with E-state index in [2.05, 4.69) is 5.32 Å². The molecule has 0 aliphatic carbocycles. The van der Waals surface area contributed by atoms with Crippen LogP contribution in [0.25, 0.3) is 6.08 Å². The minimum Gasteiger partial charge on any atom is -0.451 e. The highest BCUT2D eigenvalue weighted by Gasteiger charge is 2.37. The molecule has 7 heteroatoms. The number of benzene rings is 2. The Morgan fingerprint density at radius 2 is 1.89 bits per heavy atom. The number of nitrogens with zero attached hydrogens (tertiary/aromatic N) is 1. The third kappa shape index (κ3) is 4.53. The van der Waals surface area contributed by atoms with E-state index in [1.807, 2.05) is 30.3 Å². The van der Waals surface area contributed by atoms with E-state index in [4.69, 9.17) is 16.3 Å². The highest BCUT2D eigenvalue weighted by molar-refractivity contribution is 6.32. The minimum absolute atomic E-state index is 0.0532. The third-order valence-electron chi connectivity index (χ3n) is 4.59. The fourth-order valence-electron chi connectivity index (χ4n) is 3.19. The van der Waals surface area contributed by atoms with Crippen molar-refractivity contribution >= 4 is 29.3 Å². The van der Waals surface area contributed by atoms with Crippen LogP contribution in [0.1, 0.15) is 24.0 Å². The first-order chi connectivity index (χ1) is 13.0. The molecule has 140 valence electrons. The predicted octanol–water partition coefficient (Wildman–Crippen LogP) is 4.08. The van der Waals surface area contributed by atoms with E-state index >= 15 is 0 Å². The molecular formula is C20H19ClN2O4. The van der Waals surface area contributed by atoms with Crippen LogP contribution in [-0.2, 0) is 15.1 Å². The summed E-state index contributed by atoms with van der Waals surface area (Å²) in [6.07, 6.45) is 4.15. The van der Waals surface area contributed by atoms with Crippen LogP contribution in [0.15, 0.2) is 54.6 Å². The van der Waals surface area contributed by atoms with Crippen molar-refractivity contribution < 1.29 is 14.5 Å². The number of hydrogen-bond acceptors (Lipinski definition) is 5. The molecule has 0 amide bonds. The molecule has 1 fully saturated rings. The Balaban J connectivity index is 1.78. The molecule has 1 heterocycles. The topological polar surface area (TPSA) is 81.5 Å². The molecule has 0 saturated carbocycles. The Hall–Kier alpha value is -2.70. The zero-order chi connectivity index (χ0) is 19.3. The molecule has 0 atom stereocenters. The van der Waals surface area contributed by atoms with Gasteiger partial charge in [0, 0.05) is 25.0 Å². The summed E-state index contributed by atoms with van der Waals surface area (Å²) in [4.78, 5) is 22.9. The molecule has 1 saturated heterocycles. The first-order valence-corrected chi connectivity index (χ1v) is 8.99. The fraction of sp³-hybridized carbons (Fsp3) is 0.250. The number of esters is 1. The van der Waals surface area contributed by atoms with Gasteiger partial charge in [0.2, 0.25) is 0 Å². The van der Waals surface area contributed by atoms with Crippen LogP contribution in [0, 0.1) is 10.1 Å². The normalized spacial score (nSPS) is 16.2. The van der Waals surface area contributed by atoms with E-state index in [0.29, 0.717) is 18.4 Å². The lowest BCUT2D eigenvalue weighted by Gasteiger charge is -2.37. The predicted molar refractivity (Wildman–Crippen MR) is 103 cm³/mol. The van der Waals surface area contributed by atoms with Crippen LogP contribution >= 0.6 is 11.6 Å². The number of nitro groups is 1. The highest BCUT2D eigenvalue weighted by Crippen LogP contribution is 2.35. The van der Waals surface area contributed by atoms with E-state index in [-0.39, 0.29) is 10.7 Å². The number of piperidine rings is 1. The molecule has 6 nitrogen and oxygen atoms in total. The van der Waals surface area contributed by atoms with Gasteiger partial charge in [-0.05, 0) is 36.4 Å². The first kappa shape index (κ1) is 19.1. The molecule has 1 N–H and O–H groups in total. The zero-order valence-electron chi connectivity index (χ0n) is 14.6. The Morgan fingerprint density at radius 3 is 2.56 bits per heavy atom. The number of carbonyl (C=O) groups excluding carboxylic acids is 1. The summed E-state index contributed by atoms with van der Waals surface area (Å²) in [6, 6.07) is 14.1. The van der Waals surface area contributed by atoms with Gasteiger partial charge in [-0.25, -0.2) is 4.79 Å². The number of hydrogen-bond donors (Lipinski definition) is 1. The number of carbonyl (C=O) groups is 1. The molecule has 0 aromatic heterocycles. The molecule has 27 heavy (non-hydrogen) atoms. The summed E-state index contributed by atoms with van der Waals surface area (Å²) in [6.45, 7) is 1.52. The van der Waals surface area contributed by atoms with E-state index in [9.17, 15) is 14.9 Å². The van der Waals surface area contributed by atoms with Gasteiger partial charge in [-0.2, -0.15) is 0 Å². The summed E-state index contributed by atoms with van der Waals surface area (Å²) in [5.41, 5.74) is 0.601. The standard InChI is InChI=1S/C20H19ClN2O4/c21-17-8-6-15(14-18(17)23(25)26)7-9-19(24)27-20(10-12-22-13-11-20)16-4-2-1-3-5-16/h1-9,14,22H,10-13H2/b9-7+. The van der Waals surface area contributed by atoms with Gasteiger partial charge < -0.3 is 10.1 Å². The maximum absolute atomic E-state index is 12.5. The Kier molecular flexibility index (Phi) is 5.88.